The molecule has 1 fully saturated rings. The molecule has 1 amide bonds. The number of amides is 1. The van der Waals surface area contributed by atoms with Crippen molar-refractivity contribution in [2.45, 2.75) is 39.7 Å². The maximum absolute atomic E-state index is 11.8. The van der Waals surface area contributed by atoms with Crippen molar-refractivity contribution in [1.82, 2.24) is 10.6 Å². The highest BCUT2D eigenvalue weighted by molar-refractivity contribution is 5.94. The van der Waals surface area contributed by atoms with E-state index < -0.39 is 0 Å². The standard InChI is InChI=1S/C12H16N2O.C3H8/c1-9-3-2-4-10(7-9)12(15)14-11-5-6-13-8-11;1-3-2/h2-4,7,11,13H,5-6,8H2,1H3,(H,14,15);3H2,1-2H3. The normalized spacial score (nSPS) is 17.8. The zero-order valence-corrected chi connectivity index (χ0v) is 11.6. The van der Waals surface area contributed by atoms with Gasteiger partial charge in [-0.2, -0.15) is 0 Å². The largest absolute Gasteiger partial charge is 0.348 e. The lowest BCUT2D eigenvalue weighted by Gasteiger charge is -2.11. The number of nitrogens with one attached hydrogen (secondary N) is 2. The van der Waals surface area contributed by atoms with Gasteiger partial charge in [-0.1, -0.05) is 38.0 Å². The van der Waals surface area contributed by atoms with Gasteiger partial charge in [0.2, 0.25) is 0 Å². The lowest BCUT2D eigenvalue weighted by Crippen LogP contribution is -2.36. The van der Waals surface area contributed by atoms with Crippen molar-refractivity contribution in [2.75, 3.05) is 13.1 Å². The second-order valence-electron chi connectivity index (χ2n) is 4.74. The van der Waals surface area contributed by atoms with E-state index in [1.54, 1.807) is 0 Å². The van der Waals surface area contributed by atoms with Crippen molar-refractivity contribution in [2.24, 2.45) is 0 Å². The molecule has 0 aromatic heterocycles. The smallest absolute Gasteiger partial charge is 0.251 e. The van der Waals surface area contributed by atoms with Crippen LogP contribution in [0, 0.1) is 6.92 Å². The van der Waals surface area contributed by atoms with Gasteiger partial charge in [0.25, 0.3) is 5.91 Å². The molecule has 1 aromatic rings. The molecule has 1 heterocycles. The molecule has 1 aliphatic heterocycles. The van der Waals surface area contributed by atoms with E-state index in [-0.39, 0.29) is 11.9 Å². The summed E-state index contributed by atoms with van der Waals surface area (Å²) in [6.07, 6.45) is 2.28. The molecular formula is C15H24N2O. The molecule has 1 aliphatic rings. The van der Waals surface area contributed by atoms with Crippen molar-refractivity contribution in [1.29, 1.82) is 0 Å². The molecule has 1 unspecified atom stereocenters. The van der Waals surface area contributed by atoms with E-state index in [1.165, 1.54) is 6.42 Å². The summed E-state index contributed by atoms with van der Waals surface area (Å²) in [5.41, 5.74) is 1.87. The highest BCUT2D eigenvalue weighted by Crippen LogP contribution is 2.05. The summed E-state index contributed by atoms with van der Waals surface area (Å²) < 4.78 is 0. The van der Waals surface area contributed by atoms with Gasteiger partial charge in [0, 0.05) is 18.2 Å². The number of rotatable bonds is 2. The molecule has 1 saturated heterocycles. The van der Waals surface area contributed by atoms with E-state index >= 15 is 0 Å². The Labute approximate surface area is 110 Å². The minimum atomic E-state index is 0.0346. The summed E-state index contributed by atoms with van der Waals surface area (Å²) in [6, 6.07) is 7.96. The Morgan fingerprint density at radius 2 is 2.17 bits per heavy atom. The predicted octanol–water partition coefficient (Wildman–Crippen LogP) is 2.50. The number of carbonyl (C=O) groups is 1. The van der Waals surface area contributed by atoms with Gasteiger partial charge in [-0.05, 0) is 32.0 Å². The summed E-state index contributed by atoms with van der Waals surface area (Å²) in [5.74, 6) is 0.0346. The second kappa shape index (κ2) is 7.88. The Morgan fingerprint density at radius 1 is 1.44 bits per heavy atom. The summed E-state index contributed by atoms with van der Waals surface area (Å²) in [4.78, 5) is 11.8. The highest BCUT2D eigenvalue weighted by atomic mass is 16.1. The van der Waals surface area contributed by atoms with E-state index in [0.29, 0.717) is 0 Å². The lowest BCUT2D eigenvalue weighted by atomic mass is 10.1. The van der Waals surface area contributed by atoms with Crippen LogP contribution < -0.4 is 10.6 Å². The number of benzene rings is 1. The average molecular weight is 248 g/mol. The molecule has 0 radical (unpaired) electrons. The molecular weight excluding hydrogens is 224 g/mol. The number of hydrogen-bond donors (Lipinski definition) is 2. The topological polar surface area (TPSA) is 41.1 Å². The third kappa shape index (κ3) is 4.88. The molecule has 2 rings (SSSR count). The van der Waals surface area contributed by atoms with Crippen LogP contribution >= 0.6 is 0 Å². The van der Waals surface area contributed by atoms with Gasteiger partial charge in [0.15, 0.2) is 0 Å². The molecule has 0 saturated carbocycles. The zero-order valence-electron chi connectivity index (χ0n) is 11.6. The van der Waals surface area contributed by atoms with Crippen LogP contribution in [0.2, 0.25) is 0 Å². The van der Waals surface area contributed by atoms with Gasteiger partial charge in [-0.15, -0.1) is 0 Å². The van der Waals surface area contributed by atoms with Gasteiger partial charge in [-0.25, -0.2) is 0 Å². The monoisotopic (exact) mass is 248 g/mol. The maximum Gasteiger partial charge on any atom is 0.251 e. The van der Waals surface area contributed by atoms with Crippen LogP contribution in [0.25, 0.3) is 0 Å². The van der Waals surface area contributed by atoms with Crippen molar-refractivity contribution in [3.05, 3.63) is 35.4 Å². The molecule has 0 spiro atoms. The van der Waals surface area contributed by atoms with Crippen molar-refractivity contribution < 1.29 is 4.79 Å². The first-order valence-electron chi connectivity index (χ1n) is 6.75. The maximum atomic E-state index is 11.8. The van der Waals surface area contributed by atoms with Crippen molar-refractivity contribution >= 4 is 5.91 Å². The van der Waals surface area contributed by atoms with Crippen molar-refractivity contribution in [3.8, 4) is 0 Å². The molecule has 3 nitrogen and oxygen atoms in total. The van der Waals surface area contributed by atoms with Gasteiger partial charge in [0.1, 0.15) is 0 Å². The minimum absolute atomic E-state index is 0.0346. The van der Waals surface area contributed by atoms with Crippen LogP contribution in [0.4, 0.5) is 0 Å². The fraction of sp³-hybridized carbons (Fsp3) is 0.533. The molecule has 0 bridgehead atoms. The van der Waals surface area contributed by atoms with E-state index in [1.807, 2.05) is 31.2 Å². The third-order valence-electron chi connectivity index (χ3n) is 2.68. The number of aryl methyl sites for hydroxylation is 1. The van der Waals surface area contributed by atoms with Gasteiger partial charge in [-0.3, -0.25) is 4.79 Å². The van der Waals surface area contributed by atoms with E-state index in [4.69, 9.17) is 0 Å². The summed E-state index contributed by atoms with van der Waals surface area (Å²) in [7, 11) is 0. The van der Waals surface area contributed by atoms with E-state index in [9.17, 15) is 4.79 Å². The first-order chi connectivity index (χ1) is 8.67. The molecule has 100 valence electrons. The Kier molecular flexibility index (Phi) is 6.44. The van der Waals surface area contributed by atoms with Gasteiger partial charge >= 0.3 is 0 Å². The summed E-state index contributed by atoms with van der Waals surface area (Å²) in [5, 5.41) is 6.25. The van der Waals surface area contributed by atoms with Crippen molar-refractivity contribution in [3.63, 3.8) is 0 Å². The number of hydrogen-bond acceptors (Lipinski definition) is 2. The third-order valence-corrected chi connectivity index (χ3v) is 2.68. The first-order valence-corrected chi connectivity index (χ1v) is 6.75. The zero-order chi connectivity index (χ0) is 13.4. The molecule has 18 heavy (non-hydrogen) atoms. The first kappa shape index (κ1) is 14.7. The molecule has 1 aromatic carbocycles. The molecule has 2 N–H and O–H groups in total. The Bertz CT molecular complexity index is 371. The van der Waals surface area contributed by atoms with Crippen LogP contribution in [0.1, 0.15) is 42.6 Å². The SMILES string of the molecule is CCC.Cc1cccc(C(=O)NC2CCNC2)c1. The van der Waals surface area contributed by atoms with E-state index in [0.717, 1.165) is 30.6 Å². The molecule has 0 aliphatic carbocycles. The van der Waals surface area contributed by atoms with Gasteiger partial charge in [0.05, 0.1) is 0 Å². The summed E-state index contributed by atoms with van der Waals surface area (Å²) in [6.45, 7) is 8.13. The Hall–Kier alpha value is -1.35. The van der Waals surface area contributed by atoms with Gasteiger partial charge < -0.3 is 10.6 Å². The average Bonchev–Trinajstić information content (AvgIpc) is 2.83. The summed E-state index contributed by atoms with van der Waals surface area (Å²) >= 11 is 0. The predicted molar refractivity (Wildman–Crippen MR) is 75.9 cm³/mol. The molecule has 3 heteroatoms. The fourth-order valence-corrected chi connectivity index (χ4v) is 1.83. The Balaban J connectivity index is 0.000000492. The van der Waals surface area contributed by atoms with E-state index in [2.05, 4.69) is 24.5 Å². The second-order valence-corrected chi connectivity index (χ2v) is 4.74. The Morgan fingerprint density at radius 3 is 2.72 bits per heavy atom. The fourth-order valence-electron chi connectivity index (χ4n) is 1.83. The molecule has 1 atom stereocenters. The van der Waals surface area contributed by atoms with Crippen LogP contribution in [0.3, 0.4) is 0 Å². The minimum Gasteiger partial charge on any atom is -0.348 e. The lowest BCUT2D eigenvalue weighted by molar-refractivity contribution is 0.0940. The van der Waals surface area contributed by atoms with Crippen LogP contribution in [-0.4, -0.2) is 25.0 Å². The highest BCUT2D eigenvalue weighted by Gasteiger charge is 2.17. The van der Waals surface area contributed by atoms with Crippen LogP contribution in [-0.2, 0) is 0 Å². The van der Waals surface area contributed by atoms with Crippen LogP contribution in [0.15, 0.2) is 24.3 Å². The van der Waals surface area contributed by atoms with Crippen LogP contribution in [0.5, 0.6) is 0 Å². The number of carbonyl (C=O) groups excluding carboxylic acids is 1. The quantitative estimate of drug-likeness (QED) is 0.844.